The quantitative estimate of drug-likeness (QED) is 0.782. The van der Waals surface area contributed by atoms with Gasteiger partial charge >= 0.3 is 0 Å². The van der Waals surface area contributed by atoms with Crippen LogP contribution in [0.2, 0.25) is 5.02 Å². The number of hydrogen-bond donors (Lipinski definition) is 0. The third-order valence-corrected chi connectivity index (χ3v) is 4.97. The lowest BCUT2D eigenvalue weighted by atomic mass is 10.2. The van der Waals surface area contributed by atoms with Crippen LogP contribution in [0.5, 0.6) is 0 Å². The Kier molecular flexibility index (Phi) is 3.87. The van der Waals surface area contributed by atoms with Crippen molar-refractivity contribution < 1.29 is 4.79 Å². The van der Waals surface area contributed by atoms with Crippen molar-refractivity contribution in [3.05, 3.63) is 39.8 Å². The Labute approximate surface area is 147 Å². The van der Waals surface area contributed by atoms with Crippen LogP contribution < -0.4 is 4.90 Å². The molecule has 1 aromatic carbocycles. The molecule has 1 amide bonds. The van der Waals surface area contributed by atoms with Gasteiger partial charge in [0, 0.05) is 23.8 Å². The summed E-state index contributed by atoms with van der Waals surface area (Å²) in [5, 5.41) is 4.94. The van der Waals surface area contributed by atoms with Crippen LogP contribution in [0.3, 0.4) is 0 Å². The third kappa shape index (κ3) is 2.77. The maximum Gasteiger partial charge on any atom is 0.244 e. The highest BCUT2D eigenvalue weighted by Gasteiger charge is 2.38. The van der Waals surface area contributed by atoms with Gasteiger partial charge in [0.2, 0.25) is 10.6 Å². The number of anilines is 1. The lowest BCUT2D eigenvalue weighted by molar-refractivity contribution is -0.122. The smallest absolute Gasteiger partial charge is 0.244 e. The zero-order chi connectivity index (χ0) is 16.0. The second-order valence-electron chi connectivity index (χ2n) is 5.76. The van der Waals surface area contributed by atoms with Gasteiger partial charge in [-0.1, -0.05) is 17.7 Å². The molecule has 1 fully saturated rings. The number of nitrogens with zero attached hydrogens (tertiary/aromatic N) is 5. The van der Waals surface area contributed by atoms with E-state index >= 15 is 0 Å². The van der Waals surface area contributed by atoms with E-state index in [1.54, 1.807) is 0 Å². The average molecular weight is 397 g/mol. The summed E-state index contributed by atoms with van der Waals surface area (Å²) in [4.78, 5) is 21.2. The second kappa shape index (κ2) is 5.89. The number of halogens is 2. The van der Waals surface area contributed by atoms with E-state index < -0.39 is 0 Å². The molecule has 1 saturated heterocycles. The van der Waals surface area contributed by atoms with E-state index in [0.29, 0.717) is 16.3 Å². The van der Waals surface area contributed by atoms with Gasteiger partial charge in [-0.3, -0.25) is 9.69 Å². The van der Waals surface area contributed by atoms with Gasteiger partial charge < -0.3 is 4.90 Å². The summed E-state index contributed by atoms with van der Waals surface area (Å²) < 4.78 is 2.50. The molecule has 23 heavy (non-hydrogen) atoms. The van der Waals surface area contributed by atoms with E-state index in [0.717, 1.165) is 37.6 Å². The van der Waals surface area contributed by atoms with Crippen LogP contribution in [0.4, 0.5) is 5.69 Å². The molecule has 0 bridgehead atoms. The molecule has 0 radical (unpaired) electrons. The zero-order valence-corrected chi connectivity index (χ0v) is 14.7. The second-order valence-corrected chi connectivity index (χ2v) is 6.91. The fourth-order valence-corrected chi connectivity index (χ4v) is 3.87. The highest BCUT2D eigenvalue weighted by molar-refractivity contribution is 9.10. The molecule has 6 nitrogen and oxygen atoms in total. The summed E-state index contributed by atoms with van der Waals surface area (Å²) in [6.45, 7) is 2.94. The van der Waals surface area contributed by atoms with E-state index in [9.17, 15) is 4.79 Å². The van der Waals surface area contributed by atoms with Crippen molar-refractivity contribution in [3.63, 3.8) is 0 Å². The summed E-state index contributed by atoms with van der Waals surface area (Å²) in [6.07, 6.45) is 0.820. The molecular formula is C15H15BrClN5O. The van der Waals surface area contributed by atoms with Crippen molar-refractivity contribution in [1.82, 2.24) is 19.7 Å². The molecule has 1 atom stereocenters. The predicted molar refractivity (Wildman–Crippen MR) is 90.3 cm³/mol. The number of hydrogen-bond acceptors (Lipinski definition) is 4. The topological polar surface area (TPSA) is 54.3 Å². The largest absolute Gasteiger partial charge is 0.311 e. The molecule has 2 aliphatic rings. The summed E-state index contributed by atoms with van der Waals surface area (Å²) in [5.74, 6) is 1.04. The first-order valence-electron chi connectivity index (χ1n) is 7.52. The molecule has 2 aliphatic heterocycles. The molecular weight excluding hydrogens is 382 g/mol. The minimum absolute atomic E-state index is 0.0989. The normalized spacial score (nSPS) is 21.7. The Bertz CT molecular complexity index is 764. The van der Waals surface area contributed by atoms with Crippen molar-refractivity contribution >= 4 is 39.1 Å². The molecule has 0 N–H and O–H groups in total. The molecule has 0 aliphatic carbocycles. The van der Waals surface area contributed by atoms with Gasteiger partial charge in [-0.25, -0.2) is 9.67 Å². The lowest BCUT2D eigenvalue weighted by Gasteiger charge is -2.30. The summed E-state index contributed by atoms with van der Waals surface area (Å²) in [7, 11) is 0. The number of carbonyl (C=O) groups is 1. The van der Waals surface area contributed by atoms with Gasteiger partial charge in [0.25, 0.3) is 0 Å². The monoisotopic (exact) mass is 395 g/mol. The molecule has 0 spiro atoms. The zero-order valence-electron chi connectivity index (χ0n) is 12.3. The van der Waals surface area contributed by atoms with Crippen molar-refractivity contribution in [3.8, 4) is 0 Å². The number of fused-ring (bicyclic) bond motifs is 1. The predicted octanol–water partition coefficient (Wildman–Crippen LogP) is 2.32. The molecule has 2 aromatic rings. The van der Waals surface area contributed by atoms with Crippen LogP contribution in [0.1, 0.15) is 12.2 Å². The number of aromatic nitrogens is 3. The number of rotatable bonds is 2. The maximum absolute atomic E-state index is 12.8. The van der Waals surface area contributed by atoms with Crippen LogP contribution in [0.15, 0.2) is 29.0 Å². The minimum atomic E-state index is -0.0989. The Hall–Kier alpha value is -1.44. The van der Waals surface area contributed by atoms with Gasteiger partial charge in [0.15, 0.2) is 0 Å². The molecule has 1 aromatic heterocycles. The number of carbonyl (C=O) groups excluding carboxylic acids is 1. The number of benzene rings is 1. The fourth-order valence-electron chi connectivity index (χ4n) is 3.29. The lowest BCUT2D eigenvalue weighted by Crippen LogP contribution is -2.45. The van der Waals surface area contributed by atoms with E-state index in [2.05, 4.69) is 30.9 Å². The van der Waals surface area contributed by atoms with Gasteiger partial charge in [-0.15, -0.1) is 5.10 Å². The van der Waals surface area contributed by atoms with E-state index in [-0.39, 0.29) is 11.9 Å². The maximum atomic E-state index is 12.8. The average Bonchev–Trinajstić information content (AvgIpc) is 3.08. The Morgan fingerprint density at radius 3 is 2.96 bits per heavy atom. The molecule has 0 saturated carbocycles. The van der Waals surface area contributed by atoms with Crippen molar-refractivity contribution in [1.29, 1.82) is 0 Å². The standard InChI is InChI=1S/C15H15BrClN5O/c16-15-18-13-9-20(6-7-22(13)19-15)12-4-5-21(14(12)23)11-3-1-2-10(17)8-11/h1-3,8,12H,4-7,9H2. The van der Waals surface area contributed by atoms with Crippen molar-refractivity contribution in [2.75, 3.05) is 18.0 Å². The highest BCUT2D eigenvalue weighted by atomic mass is 79.9. The summed E-state index contributed by atoms with van der Waals surface area (Å²) >= 11 is 9.35. The Morgan fingerprint density at radius 1 is 1.26 bits per heavy atom. The molecule has 3 heterocycles. The van der Waals surface area contributed by atoms with E-state index in [4.69, 9.17) is 11.6 Å². The first-order chi connectivity index (χ1) is 11.1. The Morgan fingerprint density at radius 2 is 2.13 bits per heavy atom. The van der Waals surface area contributed by atoms with Crippen LogP contribution >= 0.6 is 27.5 Å². The number of amides is 1. The first kappa shape index (κ1) is 15.1. The molecule has 8 heteroatoms. The summed E-state index contributed by atoms with van der Waals surface area (Å²) in [5.41, 5.74) is 0.868. The van der Waals surface area contributed by atoms with Crippen LogP contribution in [-0.4, -0.2) is 44.7 Å². The van der Waals surface area contributed by atoms with Gasteiger partial charge in [-0.05, 0) is 40.5 Å². The van der Waals surface area contributed by atoms with Crippen molar-refractivity contribution in [2.45, 2.75) is 25.6 Å². The molecule has 4 rings (SSSR count). The Balaban J connectivity index is 1.52. The first-order valence-corrected chi connectivity index (χ1v) is 8.69. The minimum Gasteiger partial charge on any atom is -0.311 e. The van der Waals surface area contributed by atoms with E-state index in [1.165, 1.54) is 0 Å². The van der Waals surface area contributed by atoms with Gasteiger partial charge in [0.05, 0.1) is 19.1 Å². The SMILES string of the molecule is O=C1C(N2CCn3nc(Br)nc3C2)CCN1c1cccc(Cl)c1. The van der Waals surface area contributed by atoms with Crippen LogP contribution in [0.25, 0.3) is 0 Å². The highest BCUT2D eigenvalue weighted by Crippen LogP contribution is 2.28. The summed E-state index contributed by atoms with van der Waals surface area (Å²) in [6, 6.07) is 7.36. The molecule has 1 unspecified atom stereocenters. The fraction of sp³-hybridized carbons (Fsp3) is 0.400. The van der Waals surface area contributed by atoms with Crippen molar-refractivity contribution in [2.24, 2.45) is 0 Å². The van der Waals surface area contributed by atoms with Crippen LogP contribution in [0, 0.1) is 0 Å². The third-order valence-electron chi connectivity index (χ3n) is 4.40. The van der Waals surface area contributed by atoms with Gasteiger partial charge in [-0.2, -0.15) is 0 Å². The molecule has 120 valence electrons. The van der Waals surface area contributed by atoms with Crippen LogP contribution in [-0.2, 0) is 17.9 Å². The van der Waals surface area contributed by atoms with E-state index in [1.807, 2.05) is 33.8 Å². The van der Waals surface area contributed by atoms with Gasteiger partial charge in [0.1, 0.15) is 5.82 Å².